The molecule has 0 saturated heterocycles. The van der Waals surface area contributed by atoms with Crippen molar-refractivity contribution in [3.63, 3.8) is 0 Å². The van der Waals surface area contributed by atoms with Gasteiger partial charge in [0.15, 0.2) is 0 Å². The van der Waals surface area contributed by atoms with Crippen LogP contribution in [0, 0.1) is 0 Å². The van der Waals surface area contributed by atoms with E-state index < -0.39 is 22.7 Å². The minimum absolute atomic E-state index is 0.216. The zero-order valence-electron chi connectivity index (χ0n) is 8.88. The summed E-state index contributed by atoms with van der Waals surface area (Å²) in [5.74, 6) is 0. The van der Waals surface area contributed by atoms with E-state index in [1.807, 2.05) is 0 Å². The molecule has 1 rings (SSSR count). The lowest BCUT2D eigenvalue weighted by Crippen LogP contribution is -2.34. The van der Waals surface area contributed by atoms with Crippen molar-refractivity contribution in [2.75, 3.05) is 18.9 Å². The Kier molecular flexibility index (Phi) is 3.99. The smallest absolute Gasteiger partial charge is 0.387 e. The molecule has 0 spiro atoms. The highest BCUT2D eigenvalue weighted by atomic mass is 32.2. The quantitative estimate of drug-likeness (QED) is 0.871. The molecule has 0 aliphatic heterocycles. The highest BCUT2D eigenvalue weighted by Gasteiger charge is 2.30. The molecule has 2 N–H and O–H groups in total. The molecule has 96 valence electrons. The fourth-order valence-corrected chi connectivity index (χ4v) is 2.39. The van der Waals surface area contributed by atoms with Crippen LogP contribution < -0.4 is 10.0 Å². The fourth-order valence-electron chi connectivity index (χ4n) is 1.16. The van der Waals surface area contributed by atoms with E-state index in [1.165, 1.54) is 30.0 Å². The lowest BCUT2D eigenvalue weighted by atomic mass is 10.3. The normalized spacial score (nSPS) is 12.5. The molecule has 0 amide bonds. The molecule has 0 fully saturated rings. The first-order valence-corrected chi connectivity index (χ1v) is 6.08. The van der Waals surface area contributed by atoms with Crippen molar-refractivity contribution < 1.29 is 21.6 Å². The summed E-state index contributed by atoms with van der Waals surface area (Å²) in [6, 6.07) is 5.70. The standard InChI is InChI=1S/C9H11F3N2O2S/c1-13-7-4-2-3-5-8(7)17(15,16)14-6-9(10,11)12/h2-5,13-14H,6H2,1H3. The third-order valence-electron chi connectivity index (χ3n) is 1.91. The SMILES string of the molecule is CNc1ccccc1S(=O)(=O)NCC(F)(F)F. The molecule has 0 bridgehead atoms. The van der Waals surface area contributed by atoms with Gasteiger partial charge in [0.25, 0.3) is 0 Å². The Labute approximate surface area is 96.9 Å². The zero-order valence-corrected chi connectivity index (χ0v) is 9.69. The molecule has 0 saturated carbocycles. The third kappa shape index (κ3) is 3.90. The van der Waals surface area contributed by atoms with Crippen molar-refractivity contribution in [1.82, 2.24) is 4.72 Å². The summed E-state index contributed by atoms with van der Waals surface area (Å²) in [4.78, 5) is -0.216. The Morgan fingerprint density at radius 2 is 1.82 bits per heavy atom. The van der Waals surface area contributed by atoms with E-state index in [0.29, 0.717) is 0 Å². The van der Waals surface area contributed by atoms with Crippen molar-refractivity contribution in [3.8, 4) is 0 Å². The number of nitrogens with one attached hydrogen (secondary N) is 2. The molecular formula is C9H11F3N2O2S. The maximum absolute atomic E-state index is 11.9. The van der Waals surface area contributed by atoms with Gasteiger partial charge in [-0.15, -0.1) is 0 Å². The van der Waals surface area contributed by atoms with E-state index in [1.54, 1.807) is 6.07 Å². The van der Waals surface area contributed by atoms with Crippen LogP contribution in [0.25, 0.3) is 0 Å². The van der Waals surface area contributed by atoms with Crippen molar-refractivity contribution in [2.24, 2.45) is 0 Å². The average molecular weight is 268 g/mol. The van der Waals surface area contributed by atoms with Gasteiger partial charge in [0.05, 0.1) is 5.69 Å². The van der Waals surface area contributed by atoms with Crippen molar-refractivity contribution in [3.05, 3.63) is 24.3 Å². The number of rotatable bonds is 4. The van der Waals surface area contributed by atoms with Crippen LogP contribution in [0.4, 0.5) is 18.9 Å². The summed E-state index contributed by atoms with van der Waals surface area (Å²) in [5, 5.41) is 2.60. The molecule has 0 aliphatic rings. The van der Waals surface area contributed by atoms with Gasteiger partial charge >= 0.3 is 6.18 Å². The maximum Gasteiger partial charge on any atom is 0.402 e. The van der Waals surface area contributed by atoms with Crippen LogP contribution in [0.1, 0.15) is 0 Å². The summed E-state index contributed by atoms with van der Waals surface area (Å²) in [6.07, 6.45) is -4.58. The van der Waals surface area contributed by atoms with Crippen LogP contribution in [0.2, 0.25) is 0 Å². The third-order valence-corrected chi connectivity index (χ3v) is 3.37. The molecule has 0 aliphatic carbocycles. The first-order valence-electron chi connectivity index (χ1n) is 4.59. The molecule has 0 heterocycles. The zero-order chi connectivity index (χ0) is 13.1. The molecule has 17 heavy (non-hydrogen) atoms. The van der Waals surface area contributed by atoms with E-state index in [-0.39, 0.29) is 10.6 Å². The molecule has 1 aromatic rings. The molecule has 0 aromatic heterocycles. The van der Waals surface area contributed by atoms with Gasteiger partial charge in [-0.05, 0) is 12.1 Å². The molecular weight excluding hydrogens is 257 g/mol. The molecule has 4 nitrogen and oxygen atoms in total. The van der Waals surface area contributed by atoms with Crippen molar-refractivity contribution >= 4 is 15.7 Å². The van der Waals surface area contributed by atoms with Gasteiger partial charge < -0.3 is 5.32 Å². The summed E-state index contributed by atoms with van der Waals surface area (Å²) >= 11 is 0. The first kappa shape index (κ1) is 13.8. The summed E-state index contributed by atoms with van der Waals surface area (Å²) in [6.45, 7) is -1.59. The molecule has 0 atom stereocenters. The van der Waals surface area contributed by atoms with E-state index in [9.17, 15) is 21.6 Å². The Morgan fingerprint density at radius 3 is 2.35 bits per heavy atom. The minimum atomic E-state index is -4.58. The van der Waals surface area contributed by atoms with Gasteiger partial charge in [0, 0.05) is 7.05 Å². The topological polar surface area (TPSA) is 58.2 Å². The number of hydrogen-bond acceptors (Lipinski definition) is 3. The Bertz CT molecular complexity index is 485. The van der Waals surface area contributed by atoms with Crippen LogP contribution in [0.15, 0.2) is 29.2 Å². The Morgan fingerprint density at radius 1 is 1.24 bits per heavy atom. The average Bonchev–Trinajstić information content (AvgIpc) is 2.26. The molecule has 0 unspecified atom stereocenters. The Balaban J connectivity index is 2.98. The van der Waals surface area contributed by atoms with Crippen molar-refractivity contribution in [1.29, 1.82) is 0 Å². The largest absolute Gasteiger partial charge is 0.402 e. The molecule has 8 heteroatoms. The number of benzene rings is 1. The van der Waals surface area contributed by atoms with Crippen LogP contribution in [-0.4, -0.2) is 28.2 Å². The van der Waals surface area contributed by atoms with Crippen LogP contribution in [0.3, 0.4) is 0 Å². The van der Waals surface area contributed by atoms with Gasteiger partial charge in [-0.2, -0.15) is 13.2 Å². The number of para-hydroxylation sites is 1. The van der Waals surface area contributed by atoms with Gasteiger partial charge in [-0.25, -0.2) is 13.1 Å². The highest BCUT2D eigenvalue weighted by Crippen LogP contribution is 2.21. The maximum atomic E-state index is 11.9. The number of halogens is 3. The number of sulfonamides is 1. The minimum Gasteiger partial charge on any atom is -0.387 e. The van der Waals surface area contributed by atoms with Crippen molar-refractivity contribution in [2.45, 2.75) is 11.1 Å². The first-order chi connectivity index (χ1) is 7.76. The van der Waals surface area contributed by atoms with Gasteiger partial charge in [-0.1, -0.05) is 12.1 Å². The lowest BCUT2D eigenvalue weighted by molar-refractivity contribution is -0.121. The predicted molar refractivity (Wildman–Crippen MR) is 57.2 cm³/mol. The number of hydrogen-bond donors (Lipinski definition) is 2. The second-order valence-corrected chi connectivity index (χ2v) is 4.92. The van der Waals surface area contributed by atoms with Gasteiger partial charge in [-0.3, -0.25) is 0 Å². The number of alkyl halides is 3. The summed E-state index contributed by atoms with van der Waals surface area (Å²) in [7, 11) is -2.68. The van der Waals surface area contributed by atoms with E-state index in [0.717, 1.165) is 0 Å². The Hall–Kier alpha value is -1.28. The van der Waals surface area contributed by atoms with E-state index in [2.05, 4.69) is 5.32 Å². The summed E-state index contributed by atoms with van der Waals surface area (Å²) < 4.78 is 60.5. The highest BCUT2D eigenvalue weighted by molar-refractivity contribution is 7.89. The van der Waals surface area contributed by atoms with E-state index >= 15 is 0 Å². The summed E-state index contributed by atoms with van der Waals surface area (Å²) in [5.41, 5.74) is 0.238. The molecule has 1 aromatic carbocycles. The monoisotopic (exact) mass is 268 g/mol. The van der Waals surface area contributed by atoms with Gasteiger partial charge in [0.2, 0.25) is 10.0 Å². The fraction of sp³-hybridized carbons (Fsp3) is 0.333. The van der Waals surface area contributed by atoms with Crippen LogP contribution in [-0.2, 0) is 10.0 Å². The second kappa shape index (κ2) is 4.92. The van der Waals surface area contributed by atoms with E-state index in [4.69, 9.17) is 0 Å². The van der Waals surface area contributed by atoms with Gasteiger partial charge in [0.1, 0.15) is 11.4 Å². The predicted octanol–water partition coefficient (Wildman–Crippen LogP) is 1.57. The van der Waals surface area contributed by atoms with Crippen LogP contribution in [0.5, 0.6) is 0 Å². The lowest BCUT2D eigenvalue weighted by Gasteiger charge is -2.12. The second-order valence-electron chi connectivity index (χ2n) is 3.19. The number of anilines is 1. The van der Waals surface area contributed by atoms with Crippen LogP contribution >= 0.6 is 0 Å². The molecule has 0 radical (unpaired) electrons.